The van der Waals surface area contributed by atoms with Crippen LogP contribution in [0.1, 0.15) is 45.4 Å². The number of H-pyrrole nitrogens is 1. The third-order valence-corrected chi connectivity index (χ3v) is 6.36. The molecule has 3 atom stereocenters. The molecule has 0 aromatic carbocycles. The van der Waals surface area contributed by atoms with Crippen molar-refractivity contribution in [3.8, 4) is 0 Å². The molecule has 1 aliphatic rings. The van der Waals surface area contributed by atoms with Crippen molar-refractivity contribution in [2.45, 2.75) is 55.6 Å². The van der Waals surface area contributed by atoms with Gasteiger partial charge in [-0.2, -0.15) is 0 Å². The molecular formula is C15H21N3OS. The summed E-state index contributed by atoms with van der Waals surface area (Å²) >= 11 is 0. The van der Waals surface area contributed by atoms with Crippen molar-refractivity contribution in [3.63, 3.8) is 0 Å². The Labute approximate surface area is 121 Å². The van der Waals surface area contributed by atoms with Crippen molar-refractivity contribution >= 4 is 21.8 Å². The van der Waals surface area contributed by atoms with Crippen LogP contribution in [-0.4, -0.2) is 24.4 Å². The van der Waals surface area contributed by atoms with Crippen molar-refractivity contribution in [2.75, 3.05) is 0 Å². The predicted octanol–water partition coefficient (Wildman–Crippen LogP) is 3.42. The van der Waals surface area contributed by atoms with E-state index in [9.17, 15) is 4.21 Å². The molecule has 3 unspecified atom stereocenters. The fourth-order valence-corrected chi connectivity index (χ4v) is 4.93. The maximum absolute atomic E-state index is 13.0. The van der Waals surface area contributed by atoms with Crippen LogP contribution in [0, 0.1) is 5.92 Å². The number of fused-ring (bicyclic) bond motifs is 1. The van der Waals surface area contributed by atoms with Gasteiger partial charge in [0.2, 0.25) is 0 Å². The average Bonchev–Trinajstić information content (AvgIpc) is 2.87. The molecule has 0 spiro atoms. The number of rotatable bonds is 2. The molecule has 108 valence electrons. The van der Waals surface area contributed by atoms with Crippen LogP contribution in [-0.2, 0) is 10.8 Å². The number of nitrogens with one attached hydrogen (secondary N) is 1. The standard InChI is InChI=1S/C15H21N3OS/c1-11-6-4-2-3-5-7-13(11)20(19)14-9-17-15-12(14)8-16-10-18-15/h8-11,13H,2-7H2,1H3,(H,16,17,18). The van der Waals surface area contributed by atoms with Gasteiger partial charge in [-0.15, -0.1) is 0 Å². The van der Waals surface area contributed by atoms with Crippen LogP contribution in [0.5, 0.6) is 0 Å². The zero-order valence-corrected chi connectivity index (χ0v) is 12.7. The molecule has 0 amide bonds. The molecule has 2 heterocycles. The summed E-state index contributed by atoms with van der Waals surface area (Å²) in [6, 6.07) is 0. The molecule has 0 aliphatic heterocycles. The van der Waals surface area contributed by atoms with Crippen molar-refractivity contribution in [1.82, 2.24) is 15.0 Å². The van der Waals surface area contributed by atoms with Crippen molar-refractivity contribution in [3.05, 3.63) is 18.7 Å². The molecule has 0 saturated heterocycles. The van der Waals surface area contributed by atoms with Crippen LogP contribution >= 0.6 is 0 Å². The molecule has 4 nitrogen and oxygen atoms in total. The SMILES string of the molecule is CC1CCCCCCC1S(=O)c1c[nH]c2ncncc12. The van der Waals surface area contributed by atoms with Gasteiger partial charge < -0.3 is 4.98 Å². The Hall–Kier alpha value is -1.23. The van der Waals surface area contributed by atoms with Gasteiger partial charge in [0, 0.05) is 17.6 Å². The minimum absolute atomic E-state index is 0.259. The lowest BCUT2D eigenvalue weighted by Crippen LogP contribution is -2.25. The first-order valence-corrected chi connectivity index (χ1v) is 8.66. The predicted molar refractivity (Wildman–Crippen MR) is 81.0 cm³/mol. The average molecular weight is 291 g/mol. The van der Waals surface area contributed by atoms with Gasteiger partial charge in [-0.1, -0.05) is 32.6 Å². The van der Waals surface area contributed by atoms with Crippen LogP contribution in [0.2, 0.25) is 0 Å². The van der Waals surface area contributed by atoms with Gasteiger partial charge in [-0.05, 0) is 18.8 Å². The molecule has 1 saturated carbocycles. The van der Waals surface area contributed by atoms with E-state index in [1.807, 2.05) is 6.20 Å². The van der Waals surface area contributed by atoms with Gasteiger partial charge in [-0.3, -0.25) is 4.21 Å². The first-order chi connectivity index (χ1) is 9.77. The fraction of sp³-hybridized carbons (Fsp3) is 0.600. The van der Waals surface area contributed by atoms with Crippen LogP contribution in [0.15, 0.2) is 23.6 Å². The second-order valence-electron chi connectivity index (χ2n) is 5.74. The topological polar surface area (TPSA) is 58.6 Å². The number of hydrogen-bond donors (Lipinski definition) is 1. The molecule has 2 aromatic heterocycles. The normalized spacial score (nSPS) is 26.1. The number of aromatic amines is 1. The van der Waals surface area contributed by atoms with Gasteiger partial charge >= 0.3 is 0 Å². The van der Waals surface area contributed by atoms with E-state index in [4.69, 9.17) is 0 Å². The van der Waals surface area contributed by atoms with Crippen molar-refractivity contribution < 1.29 is 4.21 Å². The summed E-state index contributed by atoms with van der Waals surface area (Å²) in [5.41, 5.74) is 0.779. The van der Waals surface area contributed by atoms with E-state index in [-0.39, 0.29) is 5.25 Å². The Kier molecular flexibility index (Phi) is 4.15. The molecular weight excluding hydrogens is 270 g/mol. The Balaban J connectivity index is 1.90. The molecule has 0 radical (unpaired) electrons. The maximum Gasteiger partial charge on any atom is 0.141 e. The summed E-state index contributed by atoms with van der Waals surface area (Å²) < 4.78 is 13.0. The summed E-state index contributed by atoms with van der Waals surface area (Å²) in [4.78, 5) is 12.2. The van der Waals surface area contributed by atoms with Gasteiger partial charge in [-0.25, -0.2) is 9.97 Å². The maximum atomic E-state index is 13.0. The molecule has 2 aromatic rings. The highest BCUT2D eigenvalue weighted by molar-refractivity contribution is 7.86. The minimum Gasteiger partial charge on any atom is -0.345 e. The Bertz CT molecular complexity index is 610. The van der Waals surface area contributed by atoms with Crippen LogP contribution in [0.25, 0.3) is 11.0 Å². The zero-order valence-electron chi connectivity index (χ0n) is 11.8. The second-order valence-corrected chi connectivity index (χ2v) is 7.38. The highest BCUT2D eigenvalue weighted by atomic mass is 32.2. The van der Waals surface area contributed by atoms with Crippen molar-refractivity contribution in [2.24, 2.45) is 5.92 Å². The van der Waals surface area contributed by atoms with E-state index in [1.54, 1.807) is 6.20 Å². The fourth-order valence-electron chi connectivity index (χ4n) is 3.12. The highest BCUT2D eigenvalue weighted by Crippen LogP contribution is 2.31. The Morgan fingerprint density at radius 2 is 2.05 bits per heavy atom. The molecule has 1 N–H and O–H groups in total. The zero-order chi connectivity index (χ0) is 13.9. The lowest BCUT2D eigenvalue weighted by atomic mass is 9.92. The smallest absolute Gasteiger partial charge is 0.141 e. The Morgan fingerprint density at radius 3 is 2.90 bits per heavy atom. The minimum atomic E-state index is -0.973. The summed E-state index contributed by atoms with van der Waals surface area (Å²) in [5, 5.41) is 1.16. The summed E-state index contributed by atoms with van der Waals surface area (Å²) in [6.45, 7) is 2.25. The quantitative estimate of drug-likeness (QED) is 0.922. The van der Waals surface area contributed by atoms with Gasteiger partial charge in [0.05, 0.1) is 21.1 Å². The van der Waals surface area contributed by atoms with E-state index in [0.29, 0.717) is 5.92 Å². The van der Waals surface area contributed by atoms with Gasteiger partial charge in [0.15, 0.2) is 0 Å². The van der Waals surface area contributed by atoms with Gasteiger partial charge in [0.25, 0.3) is 0 Å². The number of aromatic nitrogens is 3. The largest absolute Gasteiger partial charge is 0.345 e. The third kappa shape index (κ3) is 2.64. The molecule has 20 heavy (non-hydrogen) atoms. The number of nitrogens with zero attached hydrogens (tertiary/aromatic N) is 2. The van der Waals surface area contributed by atoms with Crippen molar-refractivity contribution in [1.29, 1.82) is 0 Å². The van der Waals surface area contributed by atoms with Gasteiger partial charge in [0.1, 0.15) is 12.0 Å². The lowest BCUT2D eigenvalue weighted by molar-refractivity contribution is 0.408. The first kappa shape index (κ1) is 13.7. The summed E-state index contributed by atoms with van der Waals surface area (Å²) in [6.07, 6.45) is 12.4. The second kappa shape index (κ2) is 6.04. The van der Waals surface area contributed by atoms with E-state index >= 15 is 0 Å². The summed E-state index contributed by atoms with van der Waals surface area (Å²) in [5.74, 6) is 0.519. The Morgan fingerprint density at radius 1 is 1.25 bits per heavy atom. The van der Waals surface area contributed by atoms with Crippen LogP contribution in [0.3, 0.4) is 0 Å². The molecule has 3 rings (SSSR count). The molecule has 5 heteroatoms. The molecule has 0 bridgehead atoms. The van der Waals surface area contributed by atoms with E-state index in [2.05, 4.69) is 21.9 Å². The number of hydrogen-bond acceptors (Lipinski definition) is 3. The monoisotopic (exact) mass is 291 g/mol. The van der Waals surface area contributed by atoms with E-state index in [1.165, 1.54) is 38.4 Å². The van der Waals surface area contributed by atoms with E-state index < -0.39 is 10.8 Å². The van der Waals surface area contributed by atoms with Crippen LogP contribution in [0.4, 0.5) is 0 Å². The molecule has 1 aliphatic carbocycles. The van der Waals surface area contributed by atoms with Crippen LogP contribution < -0.4 is 0 Å². The lowest BCUT2D eigenvalue weighted by Gasteiger charge is -2.25. The first-order valence-electron chi connectivity index (χ1n) is 7.45. The highest BCUT2D eigenvalue weighted by Gasteiger charge is 2.27. The summed E-state index contributed by atoms with van der Waals surface area (Å²) in [7, 11) is -0.973. The van der Waals surface area contributed by atoms with E-state index in [0.717, 1.165) is 22.3 Å². The third-order valence-electron chi connectivity index (χ3n) is 4.34. The molecule has 1 fully saturated rings.